The Morgan fingerprint density at radius 2 is 2.07 bits per heavy atom. The molecule has 0 unspecified atom stereocenters. The highest BCUT2D eigenvalue weighted by atomic mass is 32.1. The van der Waals surface area contributed by atoms with E-state index in [1.807, 2.05) is 32.0 Å². The third-order valence-corrected chi connectivity index (χ3v) is 5.89. The van der Waals surface area contributed by atoms with Crippen LogP contribution < -0.4 is 10.2 Å². The van der Waals surface area contributed by atoms with Gasteiger partial charge in [0.15, 0.2) is 0 Å². The van der Waals surface area contributed by atoms with Crippen LogP contribution in [0, 0.1) is 19.8 Å². The van der Waals surface area contributed by atoms with E-state index in [0.29, 0.717) is 11.7 Å². The molecule has 7 heteroatoms. The molecule has 1 atom stereocenters. The monoisotopic (exact) mass is 386 g/mol. The molecule has 1 aromatic carbocycles. The second-order valence-electron chi connectivity index (χ2n) is 7.12. The van der Waals surface area contributed by atoms with Crippen LogP contribution in [0.3, 0.4) is 0 Å². The lowest BCUT2D eigenvalue weighted by Crippen LogP contribution is -2.28. The van der Waals surface area contributed by atoms with Crippen molar-refractivity contribution >= 4 is 34.0 Å². The minimum atomic E-state index is -0.369. The van der Waals surface area contributed by atoms with Crippen LogP contribution in [0.15, 0.2) is 18.2 Å². The van der Waals surface area contributed by atoms with Gasteiger partial charge < -0.3 is 10.2 Å². The lowest BCUT2D eigenvalue weighted by Gasteiger charge is -2.17. The van der Waals surface area contributed by atoms with Crippen molar-refractivity contribution in [2.75, 3.05) is 16.8 Å². The first kappa shape index (κ1) is 19.5. The Balaban J connectivity index is 1.59. The first-order valence-corrected chi connectivity index (χ1v) is 10.3. The highest BCUT2D eigenvalue weighted by molar-refractivity contribution is 7.15. The van der Waals surface area contributed by atoms with E-state index in [2.05, 4.69) is 22.4 Å². The third-order valence-electron chi connectivity index (χ3n) is 4.99. The summed E-state index contributed by atoms with van der Waals surface area (Å²) in [6.45, 7) is 6.63. The van der Waals surface area contributed by atoms with Gasteiger partial charge in [0.25, 0.3) is 0 Å². The molecule has 0 aliphatic carbocycles. The van der Waals surface area contributed by atoms with E-state index in [4.69, 9.17) is 0 Å². The molecular weight excluding hydrogens is 360 g/mol. The van der Waals surface area contributed by atoms with Crippen molar-refractivity contribution in [2.24, 2.45) is 5.92 Å². The summed E-state index contributed by atoms with van der Waals surface area (Å²) in [5, 5.41) is 12.5. The standard InChI is InChI=1S/C20H26N4O2S/c1-4-5-6-7-17-22-23-20(27-17)21-19(26)15-11-18(25)24(12-15)16-9-8-13(2)14(3)10-16/h8-10,15H,4-7,11-12H2,1-3H3,(H,21,23,26)/t15-/m1/s1. The first-order valence-electron chi connectivity index (χ1n) is 9.48. The zero-order valence-corrected chi connectivity index (χ0v) is 16.9. The molecule has 0 bridgehead atoms. The molecule has 27 heavy (non-hydrogen) atoms. The number of aryl methyl sites for hydroxylation is 3. The van der Waals surface area contributed by atoms with Gasteiger partial charge in [-0.05, 0) is 43.5 Å². The van der Waals surface area contributed by atoms with E-state index in [1.165, 1.54) is 23.3 Å². The number of nitrogens with one attached hydrogen (secondary N) is 1. The summed E-state index contributed by atoms with van der Waals surface area (Å²) in [5.74, 6) is -0.548. The molecule has 0 radical (unpaired) electrons. The van der Waals surface area contributed by atoms with Crippen molar-refractivity contribution in [3.8, 4) is 0 Å². The number of rotatable bonds is 7. The van der Waals surface area contributed by atoms with Gasteiger partial charge in [0, 0.05) is 25.1 Å². The average molecular weight is 387 g/mol. The zero-order valence-electron chi connectivity index (χ0n) is 16.1. The van der Waals surface area contributed by atoms with Gasteiger partial charge in [-0.2, -0.15) is 0 Å². The fraction of sp³-hybridized carbons (Fsp3) is 0.500. The molecule has 0 spiro atoms. The number of unbranched alkanes of at least 4 members (excludes halogenated alkanes) is 2. The number of carbonyl (C=O) groups is 2. The molecule has 1 aromatic heterocycles. The van der Waals surface area contributed by atoms with Gasteiger partial charge in [0.2, 0.25) is 16.9 Å². The average Bonchev–Trinajstić information content (AvgIpc) is 3.24. The Kier molecular flexibility index (Phi) is 6.21. The number of hydrogen-bond donors (Lipinski definition) is 1. The number of aromatic nitrogens is 2. The number of nitrogens with zero attached hydrogens (tertiary/aromatic N) is 3. The molecule has 144 valence electrons. The summed E-state index contributed by atoms with van der Waals surface area (Å²) >= 11 is 1.42. The van der Waals surface area contributed by atoms with E-state index >= 15 is 0 Å². The molecule has 1 aliphatic rings. The highest BCUT2D eigenvalue weighted by Crippen LogP contribution is 2.28. The Labute approximate surface area is 164 Å². The molecular formula is C20H26N4O2S. The largest absolute Gasteiger partial charge is 0.312 e. The van der Waals surface area contributed by atoms with Crippen LogP contribution in [-0.2, 0) is 16.0 Å². The van der Waals surface area contributed by atoms with Gasteiger partial charge in [0.1, 0.15) is 5.01 Å². The fourth-order valence-corrected chi connectivity index (χ4v) is 3.95. The third kappa shape index (κ3) is 4.71. The van der Waals surface area contributed by atoms with Crippen LogP contribution in [0.2, 0.25) is 0 Å². The van der Waals surface area contributed by atoms with Gasteiger partial charge in [-0.1, -0.05) is 37.2 Å². The summed E-state index contributed by atoms with van der Waals surface area (Å²) in [4.78, 5) is 26.7. The summed E-state index contributed by atoms with van der Waals surface area (Å²) in [7, 11) is 0. The van der Waals surface area contributed by atoms with Gasteiger partial charge in [-0.25, -0.2) is 0 Å². The molecule has 1 N–H and O–H groups in total. The van der Waals surface area contributed by atoms with E-state index in [0.717, 1.165) is 35.5 Å². The van der Waals surface area contributed by atoms with Crippen molar-refractivity contribution in [3.63, 3.8) is 0 Å². The topological polar surface area (TPSA) is 75.2 Å². The summed E-state index contributed by atoms with van der Waals surface area (Å²) in [5.41, 5.74) is 3.18. The predicted octanol–water partition coefficient (Wildman–Crippen LogP) is 3.88. The molecule has 1 aliphatic heterocycles. The lowest BCUT2D eigenvalue weighted by molar-refractivity contribution is -0.122. The van der Waals surface area contributed by atoms with Gasteiger partial charge in [-0.3, -0.25) is 9.59 Å². The van der Waals surface area contributed by atoms with E-state index < -0.39 is 0 Å². The molecule has 2 amide bonds. The molecule has 3 rings (SSSR count). The molecule has 1 saturated heterocycles. The number of benzene rings is 1. The number of anilines is 2. The molecule has 0 saturated carbocycles. The van der Waals surface area contributed by atoms with E-state index in [9.17, 15) is 9.59 Å². The Hall–Kier alpha value is -2.28. The minimum absolute atomic E-state index is 0.0177. The van der Waals surface area contributed by atoms with Crippen LogP contribution in [-0.4, -0.2) is 28.6 Å². The van der Waals surface area contributed by atoms with Gasteiger partial charge >= 0.3 is 0 Å². The maximum Gasteiger partial charge on any atom is 0.231 e. The maximum absolute atomic E-state index is 12.6. The van der Waals surface area contributed by atoms with E-state index in [1.54, 1.807) is 4.90 Å². The Bertz CT molecular complexity index is 833. The van der Waals surface area contributed by atoms with Crippen LogP contribution in [0.25, 0.3) is 0 Å². The molecule has 1 fully saturated rings. The fourth-order valence-electron chi connectivity index (χ4n) is 3.17. The van der Waals surface area contributed by atoms with Crippen molar-refractivity contribution in [2.45, 2.75) is 52.9 Å². The molecule has 6 nitrogen and oxygen atoms in total. The maximum atomic E-state index is 12.6. The first-order chi connectivity index (χ1) is 13.0. The second-order valence-corrected chi connectivity index (χ2v) is 8.18. The van der Waals surface area contributed by atoms with E-state index in [-0.39, 0.29) is 24.2 Å². The zero-order chi connectivity index (χ0) is 19.4. The van der Waals surface area contributed by atoms with Crippen LogP contribution in [0.5, 0.6) is 0 Å². The van der Waals surface area contributed by atoms with Crippen molar-refractivity contribution in [3.05, 3.63) is 34.3 Å². The van der Waals surface area contributed by atoms with Gasteiger partial charge in [-0.15, -0.1) is 10.2 Å². The number of carbonyl (C=O) groups excluding carboxylic acids is 2. The summed E-state index contributed by atoms with van der Waals surface area (Å²) in [6, 6.07) is 5.95. The van der Waals surface area contributed by atoms with Crippen LogP contribution in [0.4, 0.5) is 10.8 Å². The second kappa shape index (κ2) is 8.61. The predicted molar refractivity (Wildman–Crippen MR) is 108 cm³/mol. The highest BCUT2D eigenvalue weighted by Gasteiger charge is 2.35. The number of amides is 2. The SMILES string of the molecule is CCCCCc1nnc(NC(=O)[C@@H]2CC(=O)N(c3ccc(C)c(C)c3)C2)s1. The molecule has 2 heterocycles. The lowest BCUT2D eigenvalue weighted by atomic mass is 10.1. The minimum Gasteiger partial charge on any atom is -0.312 e. The van der Waals surface area contributed by atoms with Crippen molar-refractivity contribution < 1.29 is 9.59 Å². The quantitative estimate of drug-likeness (QED) is 0.733. The summed E-state index contributed by atoms with van der Waals surface area (Å²) < 4.78 is 0. The normalized spacial score (nSPS) is 16.8. The van der Waals surface area contributed by atoms with Gasteiger partial charge in [0.05, 0.1) is 5.92 Å². The Morgan fingerprint density at radius 1 is 1.26 bits per heavy atom. The summed E-state index contributed by atoms with van der Waals surface area (Å²) in [6.07, 6.45) is 4.53. The van der Waals surface area contributed by atoms with Crippen LogP contribution >= 0.6 is 11.3 Å². The van der Waals surface area contributed by atoms with Crippen LogP contribution in [0.1, 0.15) is 48.7 Å². The number of hydrogen-bond acceptors (Lipinski definition) is 5. The van der Waals surface area contributed by atoms with Crippen molar-refractivity contribution in [1.82, 2.24) is 10.2 Å². The smallest absolute Gasteiger partial charge is 0.231 e. The molecule has 2 aromatic rings. The Morgan fingerprint density at radius 3 is 2.81 bits per heavy atom. The van der Waals surface area contributed by atoms with Crippen molar-refractivity contribution in [1.29, 1.82) is 0 Å².